The van der Waals surface area contributed by atoms with Gasteiger partial charge in [0.25, 0.3) is 11.5 Å². The van der Waals surface area contributed by atoms with Crippen molar-refractivity contribution < 1.29 is 18.0 Å². The van der Waals surface area contributed by atoms with E-state index in [0.29, 0.717) is 32.5 Å². The lowest BCUT2D eigenvalue weighted by Gasteiger charge is -2.32. The molecule has 2 aromatic rings. The Labute approximate surface area is 172 Å². The van der Waals surface area contributed by atoms with Gasteiger partial charge in [-0.15, -0.1) is 0 Å². The average molecular weight is 422 g/mol. The maximum Gasteiger partial charge on any atom is 0.433 e. The molecular formula is C21H25F3N4O2. The summed E-state index contributed by atoms with van der Waals surface area (Å²) in [4.78, 5) is 34.3. The zero-order chi connectivity index (χ0) is 22.1. The second kappa shape index (κ2) is 8.20. The summed E-state index contributed by atoms with van der Waals surface area (Å²) in [7, 11) is 0. The summed E-state index contributed by atoms with van der Waals surface area (Å²) in [6, 6.07) is 3.54. The number of carbonyl (C=O) groups is 1. The van der Waals surface area contributed by atoms with Crippen LogP contribution in [0.2, 0.25) is 0 Å². The maximum absolute atomic E-state index is 12.6. The Kier molecular flexibility index (Phi) is 6.01. The molecule has 2 aromatic heterocycles. The first kappa shape index (κ1) is 22.0. The molecule has 1 amide bonds. The van der Waals surface area contributed by atoms with Gasteiger partial charge in [0.1, 0.15) is 5.69 Å². The van der Waals surface area contributed by atoms with Crippen molar-refractivity contribution in [1.29, 1.82) is 0 Å². The lowest BCUT2D eigenvalue weighted by Crippen LogP contribution is -2.40. The van der Waals surface area contributed by atoms with Crippen LogP contribution >= 0.6 is 0 Å². The molecule has 1 fully saturated rings. The van der Waals surface area contributed by atoms with E-state index in [1.54, 1.807) is 21.9 Å². The highest BCUT2D eigenvalue weighted by molar-refractivity contribution is 5.94. The fraction of sp³-hybridized carbons (Fsp3) is 0.524. The number of pyridine rings is 1. The SMILES string of the molecule is CC(C)(C)c1cc(=O)n(CC2CCN(C(=O)c3ccc(C(F)(F)F)nc3)CC2)cn1. The van der Waals surface area contributed by atoms with E-state index in [1.165, 1.54) is 0 Å². The predicted octanol–water partition coefficient (Wildman–Crippen LogP) is 3.51. The second-order valence-corrected chi connectivity index (χ2v) is 8.68. The van der Waals surface area contributed by atoms with E-state index >= 15 is 0 Å². The number of rotatable bonds is 3. The molecule has 3 heterocycles. The number of hydrogen-bond donors (Lipinski definition) is 0. The van der Waals surface area contributed by atoms with Gasteiger partial charge in [-0.2, -0.15) is 13.2 Å². The normalized spacial score (nSPS) is 16.0. The second-order valence-electron chi connectivity index (χ2n) is 8.68. The topological polar surface area (TPSA) is 68.1 Å². The number of likely N-dealkylation sites (tertiary alicyclic amines) is 1. The van der Waals surface area contributed by atoms with Gasteiger partial charge in [0, 0.05) is 37.3 Å². The van der Waals surface area contributed by atoms with Gasteiger partial charge in [-0.1, -0.05) is 20.8 Å². The standard InChI is InChI=1S/C21H25F3N4O2/c1-20(2,3)17-10-18(29)28(13-26-17)12-14-6-8-27(9-7-14)19(30)15-4-5-16(25-11-15)21(22,23)24/h4-5,10-11,13-14H,6-9,12H2,1-3H3. The molecule has 0 aromatic carbocycles. The number of carbonyl (C=O) groups excluding carboxylic acids is 1. The molecule has 30 heavy (non-hydrogen) atoms. The highest BCUT2D eigenvalue weighted by Gasteiger charge is 2.32. The molecule has 1 aliphatic heterocycles. The van der Waals surface area contributed by atoms with Crippen LogP contribution in [-0.4, -0.2) is 38.4 Å². The summed E-state index contributed by atoms with van der Waals surface area (Å²) < 4.78 is 39.5. The molecule has 1 saturated heterocycles. The maximum atomic E-state index is 12.6. The van der Waals surface area contributed by atoms with Gasteiger partial charge in [-0.05, 0) is 30.9 Å². The van der Waals surface area contributed by atoms with Crippen LogP contribution in [0.4, 0.5) is 13.2 Å². The summed E-state index contributed by atoms with van der Waals surface area (Å²) in [5, 5.41) is 0. The van der Waals surface area contributed by atoms with Crippen molar-refractivity contribution in [3.63, 3.8) is 0 Å². The van der Waals surface area contributed by atoms with E-state index in [4.69, 9.17) is 0 Å². The van der Waals surface area contributed by atoms with Crippen molar-refractivity contribution in [1.82, 2.24) is 19.4 Å². The van der Waals surface area contributed by atoms with Crippen molar-refractivity contribution in [3.8, 4) is 0 Å². The molecular weight excluding hydrogens is 397 g/mol. The monoisotopic (exact) mass is 422 g/mol. The molecule has 0 spiro atoms. The molecule has 0 radical (unpaired) electrons. The van der Waals surface area contributed by atoms with Gasteiger partial charge in [0.2, 0.25) is 0 Å². The third-order valence-electron chi connectivity index (χ3n) is 5.31. The number of nitrogens with zero attached hydrogens (tertiary/aromatic N) is 4. The lowest BCUT2D eigenvalue weighted by molar-refractivity contribution is -0.141. The third kappa shape index (κ3) is 5.06. The summed E-state index contributed by atoms with van der Waals surface area (Å²) >= 11 is 0. The number of piperidine rings is 1. The summed E-state index contributed by atoms with van der Waals surface area (Å²) in [6.07, 6.45) is -0.577. The van der Waals surface area contributed by atoms with Crippen LogP contribution < -0.4 is 5.56 Å². The Bertz CT molecular complexity index is 954. The number of hydrogen-bond acceptors (Lipinski definition) is 4. The van der Waals surface area contributed by atoms with Gasteiger partial charge in [-0.25, -0.2) is 4.98 Å². The molecule has 0 atom stereocenters. The Morgan fingerprint density at radius 2 is 1.77 bits per heavy atom. The van der Waals surface area contributed by atoms with E-state index in [2.05, 4.69) is 9.97 Å². The number of alkyl halides is 3. The van der Waals surface area contributed by atoms with E-state index in [-0.39, 0.29) is 28.4 Å². The van der Waals surface area contributed by atoms with Gasteiger partial charge in [0.15, 0.2) is 0 Å². The molecule has 1 aliphatic rings. The Morgan fingerprint density at radius 1 is 1.10 bits per heavy atom. The van der Waals surface area contributed by atoms with Crippen LogP contribution in [0.3, 0.4) is 0 Å². The van der Waals surface area contributed by atoms with Crippen LogP contribution in [-0.2, 0) is 18.1 Å². The Balaban J connectivity index is 1.58. The first-order valence-electron chi connectivity index (χ1n) is 9.84. The van der Waals surface area contributed by atoms with Crippen LogP contribution in [0.25, 0.3) is 0 Å². The zero-order valence-electron chi connectivity index (χ0n) is 17.2. The first-order chi connectivity index (χ1) is 13.9. The van der Waals surface area contributed by atoms with Gasteiger partial charge < -0.3 is 4.90 Å². The summed E-state index contributed by atoms with van der Waals surface area (Å²) in [6.45, 7) is 7.48. The van der Waals surface area contributed by atoms with Gasteiger partial charge in [-0.3, -0.25) is 19.1 Å². The van der Waals surface area contributed by atoms with Crippen LogP contribution in [0.15, 0.2) is 35.5 Å². The summed E-state index contributed by atoms with van der Waals surface area (Å²) in [5.41, 5.74) is -0.426. The highest BCUT2D eigenvalue weighted by atomic mass is 19.4. The van der Waals surface area contributed by atoms with E-state index < -0.39 is 11.9 Å². The van der Waals surface area contributed by atoms with Crippen molar-refractivity contribution >= 4 is 5.91 Å². The molecule has 6 nitrogen and oxygen atoms in total. The molecule has 0 unspecified atom stereocenters. The Hall–Kier alpha value is -2.71. The predicted molar refractivity (Wildman–Crippen MR) is 105 cm³/mol. The Morgan fingerprint density at radius 3 is 2.27 bits per heavy atom. The van der Waals surface area contributed by atoms with E-state index in [1.807, 2.05) is 20.8 Å². The average Bonchev–Trinajstić information content (AvgIpc) is 2.68. The third-order valence-corrected chi connectivity index (χ3v) is 5.31. The summed E-state index contributed by atoms with van der Waals surface area (Å²) in [5.74, 6) is -0.109. The molecule has 162 valence electrons. The highest BCUT2D eigenvalue weighted by Crippen LogP contribution is 2.27. The molecule has 3 rings (SSSR count). The largest absolute Gasteiger partial charge is 0.433 e. The lowest BCUT2D eigenvalue weighted by atomic mass is 9.92. The smallest absolute Gasteiger partial charge is 0.339 e. The van der Waals surface area contributed by atoms with Crippen molar-refractivity contribution in [2.45, 2.75) is 51.7 Å². The number of aromatic nitrogens is 3. The van der Waals surface area contributed by atoms with Crippen LogP contribution in [0.5, 0.6) is 0 Å². The van der Waals surface area contributed by atoms with Gasteiger partial charge in [0.05, 0.1) is 17.6 Å². The van der Waals surface area contributed by atoms with E-state index in [0.717, 1.165) is 24.0 Å². The molecule has 0 saturated carbocycles. The van der Waals surface area contributed by atoms with Crippen molar-refractivity contribution in [2.24, 2.45) is 5.92 Å². The minimum absolute atomic E-state index is 0.0933. The molecule has 9 heteroatoms. The molecule has 0 aliphatic carbocycles. The van der Waals surface area contributed by atoms with Crippen LogP contribution in [0, 0.1) is 5.92 Å². The molecule has 0 bridgehead atoms. The van der Waals surface area contributed by atoms with Gasteiger partial charge >= 0.3 is 6.18 Å². The van der Waals surface area contributed by atoms with Crippen molar-refractivity contribution in [3.05, 3.63) is 58.0 Å². The number of halogens is 3. The quantitative estimate of drug-likeness (QED) is 0.759. The number of amides is 1. The fourth-order valence-corrected chi connectivity index (χ4v) is 3.44. The fourth-order valence-electron chi connectivity index (χ4n) is 3.44. The van der Waals surface area contributed by atoms with Crippen molar-refractivity contribution in [2.75, 3.05) is 13.1 Å². The first-order valence-corrected chi connectivity index (χ1v) is 9.84. The van der Waals surface area contributed by atoms with Crippen LogP contribution in [0.1, 0.15) is 55.4 Å². The zero-order valence-corrected chi connectivity index (χ0v) is 17.2. The minimum Gasteiger partial charge on any atom is -0.339 e. The van der Waals surface area contributed by atoms with E-state index in [9.17, 15) is 22.8 Å². The minimum atomic E-state index is -4.53. The molecule has 0 N–H and O–H groups in total.